The quantitative estimate of drug-likeness (QED) is 0.308. The molecule has 34 heavy (non-hydrogen) atoms. The molecule has 1 unspecified atom stereocenters. The third kappa shape index (κ3) is 3.59. The van der Waals surface area contributed by atoms with Crippen molar-refractivity contribution in [1.82, 2.24) is 15.3 Å². The van der Waals surface area contributed by atoms with Gasteiger partial charge in [-0.25, -0.2) is 10.2 Å². The number of nitrogens with zero attached hydrogens (tertiary/aromatic N) is 1. The van der Waals surface area contributed by atoms with Gasteiger partial charge in [-0.15, -0.1) is 0 Å². The van der Waals surface area contributed by atoms with Crippen LogP contribution in [0.3, 0.4) is 0 Å². The summed E-state index contributed by atoms with van der Waals surface area (Å²) in [6.07, 6.45) is 1.58. The Bertz CT molecular complexity index is 1530. The molecule has 3 aromatic carbocycles. The number of hydrogen-bond donors (Lipinski definition) is 4. The Kier molecular flexibility index (Phi) is 5.14. The van der Waals surface area contributed by atoms with Crippen LogP contribution >= 0.6 is 0 Å². The lowest BCUT2D eigenvalue weighted by molar-refractivity contribution is -0.991. The fraction of sp³-hybridized carbons (Fsp3) is 0.0400. The highest BCUT2D eigenvalue weighted by Gasteiger charge is 2.32. The number of aromatic nitrogens is 2. The van der Waals surface area contributed by atoms with Crippen molar-refractivity contribution in [2.24, 2.45) is 0 Å². The van der Waals surface area contributed by atoms with Crippen molar-refractivity contribution in [2.75, 3.05) is 0 Å². The van der Waals surface area contributed by atoms with Gasteiger partial charge >= 0.3 is 0 Å². The fourth-order valence-electron chi connectivity index (χ4n) is 4.06. The molecule has 0 bridgehead atoms. The number of carbonyl (C=O) groups excluding carboxylic acids is 3. The molecule has 0 fully saturated rings. The average Bonchev–Trinajstić information content (AvgIpc) is 3.26. The van der Waals surface area contributed by atoms with Crippen molar-refractivity contribution in [3.05, 3.63) is 99.5 Å². The summed E-state index contributed by atoms with van der Waals surface area (Å²) in [5.41, 5.74) is 2.90. The monoisotopic (exact) mass is 454 g/mol. The normalized spacial score (nSPS) is 14.0. The van der Waals surface area contributed by atoms with Gasteiger partial charge < -0.3 is 15.5 Å². The summed E-state index contributed by atoms with van der Waals surface area (Å²) >= 11 is 0. The van der Waals surface area contributed by atoms with E-state index >= 15 is 0 Å². The first-order valence-electron chi connectivity index (χ1n) is 10.4. The summed E-state index contributed by atoms with van der Waals surface area (Å²) in [4.78, 5) is 45.8. The first-order valence-corrected chi connectivity index (χ1v) is 10.4. The smallest absolute Gasteiger partial charge is 0.221 e. The second-order valence-electron chi connectivity index (χ2n) is 7.84. The van der Waals surface area contributed by atoms with E-state index in [0.29, 0.717) is 27.7 Å². The van der Waals surface area contributed by atoms with Gasteiger partial charge in [0.1, 0.15) is 5.52 Å². The van der Waals surface area contributed by atoms with Crippen molar-refractivity contribution in [3.63, 3.8) is 0 Å². The van der Waals surface area contributed by atoms with Gasteiger partial charge in [0, 0.05) is 35.7 Å². The van der Waals surface area contributed by atoms with Crippen molar-refractivity contribution < 1.29 is 24.8 Å². The van der Waals surface area contributed by atoms with E-state index in [1.807, 2.05) is 0 Å². The summed E-state index contributed by atoms with van der Waals surface area (Å²) in [7, 11) is 0. The summed E-state index contributed by atoms with van der Waals surface area (Å²) in [6.45, 7) is 1.34. The van der Waals surface area contributed by atoms with Gasteiger partial charge in [0.15, 0.2) is 23.1 Å². The molecule has 4 aromatic rings. The maximum atomic E-state index is 13.3. The molecule has 5 rings (SSSR count). The van der Waals surface area contributed by atoms with Crippen LogP contribution in [-0.2, 0) is 4.79 Å². The van der Waals surface area contributed by atoms with E-state index in [9.17, 15) is 24.8 Å². The van der Waals surface area contributed by atoms with Crippen LogP contribution in [0.25, 0.3) is 22.8 Å². The molecule has 0 saturated carbocycles. The first kappa shape index (κ1) is 21.4. The van der Waals surface area contributed by atoms with E-state index in [-0.39, 0.29) is 45.8 Å². The Labute approximate surface area is 192 Å². The number of fused-ring (bicyclic) bond motifs is 4. The lowest BCUT2D eigenvalue weighted by atomic mass is 9.83. The van der Waals surface area contributed by atoms with E-state index in [0.717, 1.165) is 0 Å². The zero-order chi connectivity index (χ0) is 24.0. The first-order chi connectivity index (χ1) is 16.3. The van der Waals surface area contributed by atoms with Crippen LogP contribution in [0.5, 0.6) is 0 Å². The summed E-state index contributed by atoms with van der Waals surface area (Å²) in [5.74, 6) is -0.644. The highest BCUT2D eigenvalue weighted by Crippen LogP contribution is 2.32. The number of hydrogen-bond acceptors (Lipinski definition) is 6. The highest BCUT2D eigenvalue weighted by molar-refractivity contribution is 6.31. The number of amides is 1. The maximum Gasteiger partial charge on any atom is 0.221 e. The largest absolute Gasteiger partial charge is 0.595 e. The molecule has 1 amide bonds. The zero-order valence-corrected chi connectivity index (χ0v) is 17.9. The second-order valence-corrected chi connectivity index (χ2v) is 7.84. The molecule has 168 valence electrons. The number of imidazole rings is 1. The van der Waals surface area contributed by atoms with Crippen LogP contribution in [0, 0.1) is 5.21 Å². The minimum absolute atomic E-state index is 0.0948. The van der Waals surface area contributed by atoms with Gasteiger partial charge in [-0.1, -0.05) is 36.4 Å². The van der Waals surface area contributed by atoms with E-state index in [4.69, 9.17) is 0 Å². The summed E-state index contributed by atoms with van der Waals surface area (Å²) in [6, 6.07) is 16.1. The van der Waals surface area contributed by atoms with Gasteiger partial charge in [0.25, 0.3) is 0 Å². The van der Waals surface area contributed by atoms with E-state index in [1.54, 1.807) is 54.6 Å². The molecular formula is C25H18N4O5. The number of aromatic amines is 1. The predicted octanol–water partition coefficient (Wildman–Crippen LogP) is 2.38. The van der Waals surface area contributed by atoms with Crippen molar-refractivity contribution in [1.29, 1.82) is 0 Å². The topological polar surface area (TPSA) is 140 Å². The van der Waals surface area contributed by atoms with Gasteiger partial charge in [-0.2, -0.15) is 5.23 Å². The molecule has 9 nitrogen and oxygen atoms in total. The molecule has 1 aliphatic carbocycles. The molecular weight excluding hydrogens is 436 g/mol. The molecule has 0 aliphatic heterocycles. The van der Waals surface area contributed by atoms with Crippen LogP contribution in [0.1, 0.15) is 50.2 Å². The van der Waals surface area contributed by atoms with Gasteiger partial charge in [0.2, 0.25) is 5.91 Å². The van der Waals surface area contributed by atoms with Gasteiger partial charge in [0.05, 0.1) is 16.8 Å². The van der Waals surface area contributed by atoms with Crippen molar-refractivity contribution in [3.8, 4) is 0 Å². The molecule has 4 N–H and O–H groups in total. The Balaban J connectivity index is 1.66. The molecule has 1 aromatic heterocycles. The maximum absolute atomic E-state index is 13.3. The minimum Gasteiger partial charge on any atom is -0.595 e. The van der Waals surface area contributed by atoms with Gasteiger partial charge in [-0.05, 0) is 23.8 Å². The minimum atomic E-state index is -1.07. The molecule has 9 heteroatoms. The van der Waals surface area contributed by atoms with Crippen LogP contribution < -0.4 is 10.5 Å². The van der Waals surface area contributed by atoms with Crippen LogP contribution in [0.4, 0.5) is 5.69 Å². The Hall–Kier alpha value is -4.44. The SMILES string of the molecule is CC(=O)N/C(=C\c1cccc([NH+]([O-])O)c1)c1nc2c3c(ccc2[nH]1)C(=O)c1ccccc1C3=O. The van der Waals surface area contributed by atoms with Gasteiger partial charge in [-0.3, -0.25) is 14.4 Å². The summed E-state index contributed by atoms with van der Waals surface area (Å²) in [5, 5.41) is 22.2. The standard InChI is InChI=1S/C25H18N4O5/c1-13(30)26-20(12-14-5-4-6-15(11-14)29(33)34)25-27-19-10-9-18-21(22(19)28-25)24(32)17-8-3-2-7-16(17)23(18)31/h2-12,29,33H,1H3,(H,26,30)(H,27,28)/b20-12-. The average molecular weight is 454 g/mol. The van der Waals surface area contributed by atoms with Crippen LogP contribution in [-0.4, -0.2) is 32.6 Å². The van der Waals surface area contributed by atoms with E-state index < -0.39 is 5.23 Å². The molecule has 0 saturated heterocycles. The molecule has 1 aliphatic rings. The molecule has 1 heterocycles. The van der Waals surface area contributed by atoms with E-state index in [1.165, 1.54) is 19.1 Å². The van der Waals surface area contributed by atoms with Crippen molar-refractivity contribution >= 4 is 46.0 Å². The Morgan fingerprint density at radius 2 is 1.76 bits per heavy atom. The Morgan fingerprint density at radius 1 is 1.03 bits per heavy atom. The number of H-pyrrole nitrogens is 1. The number of carbonyl (C=O) groups is 3. The van der Waals surface area contributed by atoms with Crippen LogP contribution in [0.15, 0.2) is 60.7 Å². The summed E-state index contributed by atoms with van der Waals surface area (Å²) < 4.78 is 0. The van der Waals surface area contributed by atoms with E-state index in [2.05, 4.69) is 15.3 Å². The lowest BCUT2D eigenvalue weighted by Crippen LogP contribution is -2.99. The Morgan fingerprint density at radius 3 is 2.47 bits per heavy atom. The lowest BCUT2D eigenvalue weighted by Gasteiger charge is -2.17. The molecule has 1 atom stereocenters. The predicted molar refractivity (Wildman–Crippen MR) is 123 cm³/mol. The second kappa shape index (κ2) is 8.16. The highest BCUT2D eigenvalue weighted by atomic mass is 16.8. The third-order valence-corrected chi connectivity index (χ3v) is 5.55. The fourth-order valence-corrected chi connectivity index (χ4v) is 4.06. The number of nitrogens with one attached hydrogen (secondary N) is 3. The number of ketones is 2. The zero-order valence-electron chi connectivity index (χ0n) is 17.9. The third-order valence-electron chi connectivity index (χ3n) is 5.55. The number of benzene rings is 3. The van der Waals surface area contributed by atoms with Crippen molar-refractivity contribution in [2.45, 2.75) is 6.92 Å². The molecule has 0 spiro atoms. The number of quaternary nitrogens is 1. The van der Waals surface area contributed by atoms with Crippen LogP contribution in [0.2, 0.25) is 0 Å². The number of rotatable bonds is 4. The molecule has 0 radical (unpaired) electrons.